The topological polar surface area (TPSA) is 84.9 Å². The molecule has 196 valence electrons. The van der Waals surface area contributed by atoms with Gasteiger partial charge in [0.1, 0.15) is 0 Å². The molecule has 0 radical (unpaired) electrons. The lowest BCUT2D eigenvalue weighted by Gasteiger charge is -2.07. The molecule has 0 fully saturated rings. The number of nitrogens with one attached hydrogen (secondary N) is 1. The smallest absolute Gasteiger partial charge is 0.303 e. The van der Waals surface area contributed by atoms with E-state index in [1.807, 2.05) is 0 Å². The Morgan fingerprint density at radius 2 is 1.00 bits per heavy atom. The third kappa shape index (κ3) is 28.8. The van der Waals surface area contributed by atoms with E-state index in [4.69, 9.17) is 14.6 Å². The maximum Gasteiger partial charge on any atom is 0.303 e. The molecule has 0 bridgehead atoms. The van der Waals surface area contributed by atoms with Crippen molar-refractivity contribution in [1.29, 1.82) is 0 Å². The third-order valence-corrected chi connectivity index (χ3v) is 5.87. The number of hydrogen-bond donors (Lipinski definition) is 2. The summed E-state index contributed by atoms with van der Waals surface area (Å²) in [6.45, 7) is 5.36. The van der Waals surface area contributed by atoms with Gasteiger partial charge in [0.05, 0.1) is 19.6 Å². The van der Waals surface area contributed by atoms with E-state index in [1.165, 1.54) is 96.3 Å². The van der Waals surface area contributed by atoms with Gasteiger partial charge in [0.25, 0.3) is 0 Å². The lowest BCUT2D eigenvalue weighted by atomic mass is 10.0. The average Bonchev–Trinajstić information content (AvgIpc) is 2.80. The van der Waals surface area contributed by atoms with Gasteiger partial charge in [0.2, 0.25) is 5.91 Å². The van der Waals surface area contributed by atoms with Crippen LogP contribution in [0.4, 0.5) is 0 Å². The van der Waals surface area contributed by atoms with Crippen LogP contribution >= 0.6 is 0 Å². The van der Waals surface area contributed by atoms with Crippen molar-refractivity contribution in [2.45, 2.75) is 129 Å². The van der Waals surface area contributed by atoms with E-state index in [2.05, 4.69) is 12.2 Å². The average molecular weight is 472 g/mol. The first-order chi connectivity index (χ1) is 16.2. The number of ether oxygens (including phenoxy) is 2. The minimum absolute atomic E-state index is 0.0311. The number of unbranched alkanes of at least 4 members (excludes halogenated alkanes) is 15. The fraction of sp³-hybridized carbons (Fsp3) is 0.926. The van der Waals surface area contributed by atoms with E-state index >= 15 is 0 Å². The van der Waals surface area contributed by atoms with Crippen molar-refractivity contribution in [3.05, 3.63) is 0 Å². The van der Waals surface area contributed by atoms with Crippen LogP contribution in [0.3, 0.4) is 0 Å². The summed E-state index contributed by atoms with van der Waals surface area (Å²) in [6, 6.07) is 0. The quantitative estimate of drug-likeness (QED) is 0.131. The SMILES string of the molecule is CCCCCCCCCCCCCCCCCCOCCOCCCNC(=O)CCC(=O)O. The molecule has 0 aromatic rings. The van der Waals surface area contributed by atoms with Crippen LogP contribution in [0.2, 0.25) is 0 Å². The summed E-state index contributed by atoms with van der Waals surface area (Å²) in [7, 11) is 0. The molecular weight excluding hydrogens is 418 g/mol. The number of aliphatic carboxylic acids is 1. The number of hydrogen-bond acceptors (Lipinski definition) is 4. The second-order valence-corrected chi connectivity index (χ2v) is 9.13. The fourth-order valence-electron chi connectivity index (χ4n) is 3.79. The predicted octanol–water partition coefficient (Wildman–Crippen LogP) is 6.65. The zero-order valence-electron chi connectivity index (χ0n) is 21.6. The molecule has 0 heterocycles. The lowest BCUT2D eigenvalue weighted by Crippen LogP contribution is -2.25. The Kier molecular flexibility index (Phi) is 26.2. The normalized spacial score (nSPS) is 11.1. The molecule has 0 aliphatic carbocycles. The Balaban J connectivity index is 3.08. The van der Waals surface area contributed by atoms with E-state index in [1.54, 1.807) is 0 Å². The fourth-order valence-corrected chi connectivity index (χ4v) is 3.79. The lowest BCUT2D eigenvalue weighted by molar-refractivity contribution is -0.138. The zero-order chi connectivity index (χ0) is 24.2. The zero-order valence-corrected chi connectivity index (χ0v) is 21.6. The van der Waals surface area contributed by atoms with Crippen molar-refractivity contribution in [3.63, 3.8) is 0 Å². The Bertz CT molecular complexity index is 431. The molecule has 6 nitrogen and oxygen atoms in total. The summed E-state index contributed by atoms with van der Waals surface area (Å²) in [5.41, 5.74) is 0. The highest BCUT2D eigenvalue weighted by Gasteiger charge is 2.04. The Labute approximate surface area is 203 Å². The Morgan fingerprint density at radius 3 is 1.45 bits per heavy atom. The minimum atomic E-state index is -0.951. The van der Waals surface area contributed by atoms with Crippen LogP contribution in [0, 0.1) is 0 Å². The molecule has 1 amide bonds. The van der Waals surface area contributed by atoms with Crippen LogP contribution in [-0.4, -0.2) is 50.0 Å². The maximum absolute atomic E-state index is 11.3. The van der Waals surface area contributed by atoms with Crippen molar-refractivity contribution in [1.82, 2.24) is 5.32 Å². The van der Waals surface area contributed by atoms with Crippen LogP contribution in [-0.2, 0) is 19.1 Å². The second-order valence-electron chi connectivity index (χ2n) is 9.13. The van der Waals surface area contributed by atoms with Gasteiger partial charge >= 0.3 is 5.97 Å². The third-order valence-electron chi connectivity index (χ3n) is 5.87. The van der Waals surface area contributed by atoms with Gasteiger partial charge in [-0.3, -0.25) is 9.59 Å². The summed E-state index contributed by atoms with van der Waals surface area (Å²) in [5, 5.41) is 11.2. The summed E-state index contributed by atoms with van der Waals surface area (Å²) >= 11 is 0. The maximum atomic E-state index is 11.3. The van der Waals surface area contributed by atoms with Crippen molar-refractivity contribution in [3.8, 4) is 0 Å². The largest absolute Gasteiger partial charge is 0.481 e. The van der Waals surface area contributed by atoms with E-state index < -0.39 is 5.97 Å². The van der Waals surface area contributed by atoms with Gasteiger partial charge in [-0.25, -0.2) is 0 Å². The van der Waals surface area contributed by atoms with Gasteiger partial charge in [0, 0.05) is 26.2 Å². The number of amides is 1. The highest BCUT2D eigenvalue weighted by Crippen LogP contribution is 2.13. The van der Waals surface area contributed by atoms with Gasteiger partial charge in [-0.2, -0.15) is 0 Å². The monoisotopic (exact) mass is 471 g/mol. The Morgan fingerprint density at radius 1 is 0.576 bits per heavy atom. The number of carboxylic acid groups (broad SMARTS) is 1. The standard InChI is InChI=1S/C27H53NO5/c1-2-3-4-5-6-7-8-9-10-11-12-13-14-15-16-17-22-32-24-25-33-23-18-21-28-26(29)19-20-27(30)31/h2-25H2,1H3,(H,28,29)(H,30,31). The first-order valence-corrected chi connectivity index (χ1v) is 13.8. The Hall–Kier alpha value is -1.14. The molecule has 0 spiro atoms. The van der Waals surface area contributed by atoms with Crippen molar-refractivity contribution >= 4 is 11.9 Å². The van der Waals surface area contributed by atoms with E-state index in [0.29, 0.717) is 26.4 Å². The highest BCUT2D eigenvalue weighted by atomic mass is 16.5. The number of carboxylic acids is 1. The van der Waals surface area contributed by atoms with Crippen molar-refractivity contribution in [2.75, 3.05) is 33.0 Å². The molecule has 0 saturated carbocycles. The van der Waals surface area contributed by atoms with Gasteiger partial charge in [-0.15, -0.1) is 0 Å². The van der Waals surface area contributed by atoms with Crippen LogP contribution in [0.5, 0.6) is 0 Å². The second kappa shape index (κ2) is 27.1. The van der Waals surface area contributed by atoms with Crippen molar-refractivity contribution < 1.29 is 24.2 Å². The van der Waals surface area contributed by atoms with Crippen LogP contribution in [0.1, 0.15) is 129 Å². The van der Waals surface area contributed by atoms with Gasteiger partial charge in [-0.1, -0.05) is 103 Å². The number of rotatable bonds is 27. The molecule has 0 unspecified atom stereocenters. The summed E-state index contributed by atoms with van der Waals surface area (Å²) in [5.74, 6) is -1.17. The summed E-state index contributed by atoms with van der Waals surface area (Å²) < 4.78 is 11.1. The van der Waals surface area contributed by atoms with E-state index in [9.17, 15) is 9.59 Å². The minimum Gasteiger partial charge on any atom is -0.481 e. The molecule has 0 saturated heterocycles. The summed E-state index contributed by atoms with van der Waals surface area (Å²) in [6.07, 6.45) is 22.7. The molecule has 0 aliphatic heterocycles. The highest BCUT2D eigenvalue weighted by molar-refractivity contribution is 5.80. The van der Waals surface area contributed by atoms with E-state index in [0.717, 1.165) is 19.4 Å². The van der Waals surface area contributed by atoms with Gasteiger partial charge in [0.15, 0.2) is 0 Å². The van der Waals surface area contributed by atoms with Crippen LogP contribution in [0.25, 0.3) is 0 Å². The summed E-state index contributed by atoms with van der Waals surface area (Å²) in [4.78, 5) is 21.7. The van der Waals surface area contributed by atoms with Crippen molar-refractivity contribution in [2.24, 2.45) is 0 Å². The van der Waals surface area contributed by atoms with E-state index in [-0.39, 0.29) is 18.7 Å². The molecule has 33 heavy (non-hydrogen) atoms. The molecule has 0 aromatic carbocycles. The number of carbonyl (C=O) groups is 2. The molecule has 0 aliphatic rings. The molecule has 0 rings (SSSR count). The molecular formula is C27H53NO5. The first kappa shape index (κ1) is 31.9. The van der Waals surface area contributed by atoms with Gasteiger partial charge < -0.3 is 19.9 Å². The molecule has 0 atom stereocenters. The number of carbonyl (C=O) groups excluding carboxylic acids is 1. The van der Waals surface area contributed by atoms with Gasteiger partial charge in [-0.05, 0) is 12.8 Å². The first-order valence-electron chi connectivity index (χ1n) is 13.8. The molecule has 6 heteroatoms. The van der Waals surface area contributed by atoms with Crippen LogP contribution in [0.15, 0.2) is 0 Å². The van der Waals surface area contributed by atoms with Crippen LogP contribution < -0.4 is 5.32 Å². The predicted molar refractivity (Wildman–Crippen MR) is 136 cm³/mol. The molecule has 0 aromatic heterocycles. The molecule has 2 N–H and O–H groups in total.